The summed E-state index contributed by atoms with van der Waals surface area (Å²) in [6, 6.07) is 3.80. The van der Waals surface area contributed by atoms with Crippen molar-refractivity contribution >= 4 is 27.3 Å². The van der Waals surface area contributed by atoms with E-state index in [0.717, 1.165) is 18.2 Å². The van der Waals surface area contributed by atoms with Crippen LogP contribution in [-0.4, -0.2) is 15.0 Å². The van der Waals surface area contributed by atoms with E-state index < -0.39 is 55.5 Å². The van der Waals surface area contributed by atoms with Crippen LogP contribution in [0.5, 0.6) is 5.75 Å². The standard InChI is InChI=1S/C14H8ClF6NO3S/c15-9-3-1-7(14(19,20)21)5-12(9)26(23,24)22-8-2-4-11(10(16)6-8)25-13(17)18/h1-6,13,22H. The van der Waals surface area contributed by atoms with Gasteiger partial charge in [0.25, 0.3) is 10.0 Å². The molecule has 0 radical (unpaired) electrons. The Morgan fingerprint density at radius 3 is 2.27 bits per heavy atom. The quantitative estimate of drug-likeness (QED) is 0.701. The molecule has 0 fully saturated rings. The van der Waals surface area contributed by atoms with Gasteiger partial charge in [0.15, 0.2) is 11.6 Å². The van der Waals surface area contributed by atoms with E-state index in [9.17, 15) is 34.8 Å². The van der Waals surface area contributed by atoms with E-state index in [2.05, 4.69) is 4.74 Å². The monoisotopic (exact) mass is 419 g/mol. The summed E-state index contributed by atoms with van der Waals surface area (Å²) in [5.41, 5.74) is -1.69. The number of nitrogens with one attached hydrogen (secondary N) is 1. The third-order valence-corrected chi connectivity index (χ3v) is 4.81. The van der Waals surface area contributed by atoms with Gasteiger partial charge in [0.2, 0.25) is 0 Å². The molecule has 0 aliphatic rings. The van der Waals surface area contributed by atoms with Crippen LogP contribution in [0.25, 0.3) is 0 Å². The zero-order valence-corrected chi connectivity index (χ0v) is 13.9. The summed E-state index contributed by atoms with van der Waals surface area (Å²) in [6.45, 7) is -3.30. The number of hydrogen-bond donors (Lipinski definition) is 1. The highest BCUT2D eigenvalue weighted by Crippen LogP contribution is 2.34. The number of sulfonamides is 1. The molecule has 0 unspecified atom stereocenters. The Morgan fingerprint density at radius 2 is 1.73 bits per heavy atom. The zero-order chi connectivity index (χ0) is 19.7. The number of alkyl halides is 5. The highest BCUT2D eigenvalue weighted by atomic mass is 35.5. The lowest BCUT2D eigenvalue weighted by Crippen LogP contribution is -2.15. The predicted molar refractivity (Wildman–Crippen MR) is 80.3 cm³/mol. The maximum atomic E-state index is 13.6. The molecule has 4 nitrogen and oxygen atoms in total. The average molecular weight is 420 g/mol. The molecular formula is C14H8ClF6NO3S. The summed E-state index contributed by atoms with van der Waals surface area (Å²) >= 11 is 5.65. The molecule has 0 heterocycles. The van der Waals surface area contributed by atoms with Gasteiger partial charge in [0, 0.05) is 6.07 Å². The van der Waals surface area contributed by atoms with Gasteiger partial charge in [-0.15, -0.1) is 0 Å². The van der Waals surface area contributed by atoms with Crippen LogP contribution in [-0.2, 0) is 16.2 Å². The van der Waals surface area contributed by atoms with Crippen LogP contribution in [0.2, 0.25) is 5.02 Å². The summed E-state index contributed by atoms with van der Waals surface area (Å²) < 4.78 is 106. The molecule has 0 saturated heterocycles. The second-order valence-corrected chi connectivity index (χ2v) is 6.83. The second kappa shape index (κ2) is 7.23. The van der Waals surface area contributed by atoms with E-state index in [0.29, 0.717) is 18.2 Å². The minimum Gasteiger partial charge on any atom is -0.432 e. The number of halogens is 7. The van der Waals surface area contributed by atoms with Gasteiger partial charge in [-0.2, -0.15) is 22.0 Å². The van der Waals surface area contributed by atoms with Gasteiger partial charge >= 0.3 is 12.8 Å². The van der Waals surface area contributed by atoms with Crippen LogP contribution in [0.4, 0.5) is 32.0 Å². The van der Waals surface area contributed by atoms with Crippen LogP contribution in [0, 0.1) is 5.82 Å². The highest BCUT2D eigenvalue weighted by Gasteiger charge is 2.32. The van der Waals surface area contributed by atoms with Crippen molar-refractivity contribution in [2.24, 2.45) is 0 Å². The van der Waals surface area contributed by atoms with Gasteiger partial charge in [-0.05, 0) is 30.3 Å². The Bertz CT molecular complexity index is 917. The Hall–Kier alpha value is -2.14. The molecule has 0 atom stereocenters. The highest BCUT2D eigenvalue weighted by molar-refractivity contribution is 7.92. The Balaban J connectivity index is 2.36. The third-order valence-electron chi connectivity index (χ3n) is 2.95. The first kappa shape index (κ1) is 20.2. The number of rotatable bonds is 5. The molecule has 0 saturated carbocycles. The summed E-state index contributed by atoms with van der Waals surface area (Å²) in [4.78, 5) is -0.887. The smallest absolute Gasteiger partial charge is 0.416 e. The molecule has 26 heavy (non-hydrogen) atoms. The fraction of sp³-hybridized carbons (Fsp3) is 0.143. The lowest BCUT2D eigenvalue weighted by Gasteiger charge is -2.13. The molecule has 12 heteroatoms. The fourth-order valence-corrected chi connectivity index (χ4v) is 3.43. The van der Waals surface area contributed by atoms with Crippen molar-refractivity contribution in [2.45, 2.75) is 17.7 Å². The van der Waals surface area contributed by atoms with E-state index >= 15 is 0 Å². The number of hydrogen-bond acceptors (Lipinski definition) is 3. The average Bonchev–Trinajstić information content (AvgIpc) is 2.48. The lowest BCUT2D eigenvalue weighted by molar-refractivity contribution is -0.137. The van der Waals surface area contributed by atoms with Crippen LogP contribution in [0.15, 0.2) is 41.3 Å². The molecule has 0 spiro atoms. The van der Waals surface area contributed by atoms with Crippen molar-refractivity contribution in [3.63, 3.8) is 0 Å². The molecular weight excluding hydrogens is 412 g/mol. The van der Waals surface area contributed by atoms with Crippen LogP contribution < -0.4 is 9.46 Å². The zero-order valence-electron chi connectivity index (χ0n) is 12.3. The minimum absolute atomic E-state index is 0.315. The largest absolute Gasteiger partial charge is 0.432 e. The van der Waals surface area contributed by atoms with Gasteiger partial charge in [-0.3, -0.25) is 4.72 Å². The molecule has 0 aliphatic heterocycles. The summed E-state index contributed by atoms with van der Waals surface area (Å²) in [5.74, 6) is -2.14. The Morgan fingerprint density at radius 1 is 1.08 bits per heavy atom. The topological polar surface area (TPSA) is 55.4 Å². The molecule has 0 aliphatic carbocycles. The van der Waals surface area contributed by atoms with Crippen molar-refractivity contribution in [3.05, 3.63) is 52.8 Å². The Labute approximate surface area is 148 Å². The fourth-order valence-electron chi connectivity index (χ4n) is 1.85. The van der Waals surface area contributed by atoms with Crippen LogP contribution >= 0.6 is 11.6 Å². The molecule has 2 aromatic carbocycles. The van der Waals surface area contributed by atoms with Crippen LogP contribution in [0.1, 0.15) is 5.56 Å². The minimum atomic E-state index is -4.81. The lowest BCUT2D eigenvalue weighted by atomic mass is 10.2. The first-order valence-electron chi connectivity index (χ1n) is 6.54. The second-order valence-electron chi connectivity index (χ2n) is 4.77. The maximum Gasteiger partial charge on any atom is 0.416 e. The van der Waals surface area contributed by atoms with Gasteiger partial charge in [0.1, 0.15) is 4.90 Å². The van der Waals surface area contributed by atoms with Gasteiger partial charge in [-0.25, -0.2) is 12.8 Å². The van der Waals surface area contributed by atoms with E-state index in [1.807, 2.05) is 4.72 Å². The van der Waals surface area contributed by atoms with E-state index in [-0.39, 0.29) is 0 Å². The summed E-state index contributed by atoms with van der Waals surface area (Å²) in [6.07, 6.45) is -4.81. The van der Waals surface area contributed by atoms with Crippen molar-refractivity contribution in [2.75, 3.05) is 4.72 Å². The third kappa shape index (κ3) is 4.73. The van der Waals surface area contributed by atoms with Gasteiger partial charge in [-0.1, -0.05) is 11.6 Å². The van der Waals surface area contributed by atoms with E-state index in [1.54, 1.807) is 0 Å². The number of ether oxygens (including phenoxy) is 1. The predicted octanol–water partition coefficient (Wildman–Crippen LogP) is 4.90. The van der Waals surface area contributed by atoms with E-state index in [4.69, 9.17) is 11.6 Å². The van der Waals surface area contributed by atoms with Crippen molar-refractivity contribution in [1.29, 1.82) is 0 Å². The molecule has 142 valence electrons. The van der Waals surface area contributed by atoms with Crippen molar-refractivity contribution in [1.82, 2.24) is 0 Å². The molecule has 2 aromatic rings. The van der Waals surface area contributed by atoms with Gasteiger partial charge < -0.3 is 4.74 Å². The molecule has 1 N–H and O–H groups in total. The van der Waals surface area contributed by atoms with Crippen molar-refractivity contribution in [3.8, 4) is 5.75 Å². The number of anilines is 1. The molecule has 0 bridgehead atoms. The van der Waals surface area contributed by atoms with Crippen LogP contribution in [0.3, 0.4) is 0 Å². The molecule has 2 rings (SSSR count). The van der Waals surface area contributed by atoms with Crippen molar-refractivity contribution < 1.29 is 39.5 Å². The summed E-state index contributed by atoms with van der Waals surface area (Å²) in [7, 11) is -4.62. The first-order chi connectivity index (χ1) is 11.9. The maximum absolute atomic E-state index is 13.6. The normalized spacial score (nSPS) is 12.3. The molecule has 0 aromatic heterocycles. The SMILES string of the molecule is O=S(=O)(Nc1ccc(OC(F)F)c(F)c1)c1cc(C(F)(F)F)ccc1Cl. The number of benzene rings is 2. The van der Waals surface area contributed by atoms with E-state index in [1.165, 1.54) is 0 Å². The van der Waals surface area contributed by atoms with Gasteiger partial charge in [0.05, 0.1) is 16.3 Å². The Kier molecular flexibility index (Phi) is 5.61. The summed E-state index contributed by atoms with van der Waals surface area (Å²) in [5, 5.41) is -0.497. The molecule has 0 amide bonds. The first-order valence-corrected chi connectivity index (χ1v) is 8.40.